The number of halogens is 1. The third kappa shape index (κ3) is 2.61. The van der Waals surface area contributed by atoms with Gasteiger partial charge >= 0.3 is 0 Å². The monoisotopic (exact) mass is 277 g/mol. The van der Waals surface area contributed by atoms with Crippen LogP contribution in [-0.2, 0) is 19.5 Å². The van der Waals surface area contributed by atoms with E-state index in [1.807, 2.05) is 11.6 Å². The van der Waals surface area contributed by atoms with Crippen LogP contribution in [0, 0.1) is 5.82 Å². The van der Waals surface area contributed by atoms with E-state index in [4.69, 9.17) is 5.73 Å². The normalized spacial score (nSPS) is 10.9. The second-order valence-corrected chi connectivity index (χ2v) is 4.83. The first-order valence-corrected chi connectivity index (χ1v) is 6.90. The van der Waals surface area contributed by atoms with Crippen molar-refractivity contribution in [1.29, 1.82) is 0 Å². The average molecular weight is 277 g/mol. The zero-order chi connectivity index (χ0) is 14.7. The maximum absolute atomic E-state index is 12.9. The van der Waals surface area contributed by atoms with Crippen LogP contribution in [0.15, 0.2) is 29.1 Å². The molecule has 1 heterocycles. The van der Waals surface area contributed by atoms with Crippen molar-refractivity contribution in [3.8, 4) is 0 Å². The lowest BCUT2D eigenvalue weighted by Gasteiger charge is -2.13. The highest BCUT2D eigenvalue weighted by Crippen LogP contribution is 2.12. The molecule has 5 heteroatoms. The Balaban J connectivity index is 2.44. The summed E-state index contributed by atoms with van der Waals surface area (Å²) in [5.74, 6) is -0.279. The van der Waals surface area contributed by atoms with Crippen LogP contribution in [0.2, 0.25) is 0 Å². The summed E-state index contributed by atoms with van der Waals surface area (Å²) in [5, 5.41) is 0. The highest BCUT2D eigenvalue weighted by atomic mass is 19.1. The van der Waals surface area contributed by atoms with E-state index in [1.54, 1.807) is 16.8 Å². The van der Waals surface area contributed by atoms with E-state index in [0.29, 0.717) is 12.2 Å². The fourth-order valence-electron chi connectivity index (χ4n) is 2.42. The van der Waals surface area contributed by atoms with Gasteiger partial charge in [0, 0.05) is 6.54 Å². The van der Waals surface area contributed by atoms with Crippen molar-refractivity contribution in [2.75, 3.05) is 5.73 Å². The highest BCUT2D eigenvalue weighted by molar-refractivity contribution is 5.41. The quantitative estimate of drug-likeness (QED) is 0.912. The molecule has 0 bridgehead atoms. The van der Waals surface area contributed by atoms with Gasteiger partial charge < -0.3 is 5.73 Å². The molecule has 0 saturated carbocycles. The summed E-state index contributed by atoms with van der Waals surface area (Å²) in [6.45, 7) is 5.20. The molecule has 108 valence electrons. The van der Waals surface area contributed by atoms with Gasteiger partial charge in [-0.3, -0.25) is 9.48 Å². The Morgan fingerprint density at radius 1 is 1.15 bits per heavy atom. The Hall–Kier alpha value is -2.04. The average Bonchev–Trinajstić information content (AvgIpc) is 2.66. The number of nitrogens with two attached hydrogens (primary N) is 1. The molecule has 0 spiro atoms. The molecular formula is C15H20FN3O. The molecule has 2 N–H and O–H groups in total. The number of aromatic nitrogens is 2. The number of benzene rings is 1. The molecule has 0 aliphatic rings. The van der Waals surface area contributed by atoms with Gasteiger partial charge in [-0.2, -0.15) is 0 Å². The minimum atomic E-state index is -0.279. The molecule has 0 fully saturated rings. The van der Waals surface area contributed by atoms with Crippen molar-refractivity contribution in [3.63, 3.8) is 0 Å². The number of nitrogens with zero attached hydrogens (tertiary/aromatic N) is 2. The molecule has 2 rings (SSSR count). The molecule has 0 aliphatic carbocycles. The Kier molecular flexibility index (Phi) is 4.27. The standard InChI is InChI=1S/C15H20FN3O/c1-3-9-18-13(4-2)14(17)15(20)19(18)10-11-5-7-12(16)8-6-11/h5-8H,3-4,9-10,17H2,1-2H3. The Morgan fingerprint density at radius 2 is 1.80 bits per heavy atom. The predicted octanol–water partition coefficient (Wildman–Crippen LogP) is 2.39. The molecule has 1 aromatic carbocycles. The van der Waals surface area contributed by atoms with Crippen molar-refractivity contribution in [2.45, 2.75) is 39.8 Å². The lowest BCUT2D eigenvalue weighted by Crippen LogP contribution is -2.25. The largest absolute Gasteiger partial charge is 0.393 e. The summed E-state index contributed by atoms with van der Waals surface area (Å²) in [4.78, 5) is 12.3. The van der Waals surface area contributed by atoms with Crippen LogP contribution in [0.4, 0.5) is 10.1 Å². The summed E-state index contributed by atoms with van der Waals surface area (Å²) in [6.07, 6.45) is 1.64. The van der Waals surface area contributed by atoms with Crippen LogP contribution in [0.25, 0.3) is 0 Å². The molecule has 2 aromatic rings. The second-order valence-electron chi connectivity index (χ2n) is 4.83. The second kappa shape index (κ2) is 5.94. The van der Waals surface area contributed by atoms with E-state index in [9.17, 15) is 9.18 Å². The van der Waals surface area contributed by atoms with Gasteiger partial charge in [-0.1, -0.05) is 26.0 Å². The van der Waals surface area contributed by atoms with Gasteiger partial charge in [0.25, 0.3) is 5.56 Å². The van der Waals surface area contributed by atoms with Crippen molar-refractivity contribution < 1.29 is 4.39 Å². The lowest BCUT2D eigenvalue weighted by atomic mass is 10.2. The molecular weight excluding hydrogens is 257 g/mol. The minimum absolute atomic E-state index is 0.167. The molecule has 0 radical (unpaired) electrons. The van der Waals surface area contributed by atoms with Crippen LogP contribution >= 0.6 is 0 Å². The van der Waals surface area contributed by atoms with E-state index < -0.39 is 0 Å². The molecule has 0 atom stereocenters. The summed E-state index contributed by atoms with van der Waals surface area (Å²) >= 11 is 0. The van der Waals surface area contributed by atoms with Crippen molar-refractivity contribution in [1.82, 2.24) is 9.36 Å². The van der Waals surface area contributed by atoms with E-state index in [-0.39, 0.29) is 11.4 Å². The van der Waals surface area contributed by atoms with E-state index in [2.05, 4.69) is 6.92 Å². The van der Waals surface area contributed by atoms with Gasteiger partial charge in [-0.05, 0) is 30.5 Å². The third-order valence-corrected chi connectivity index (χ3v) is 3.39. The maximum Gasteiger partial charge on any atom is 0.290 e. The van der Waals surface area contributed by atoms with Gasteiger partial charge in [0.1, 0.15) is 11.5 Å². The highest BCUT2D eigenvalue weighted by Gasteiger charge is 2.15. The minimum Gasteiger partial charge on any atom is -0.393 e. The van der Waals surface area contributed by atoms with E-state index in [1.165, 1.54) is 12.1 Å². The first kappa shape index (κ1) is 14.4. The predicted molar refractivity (Wildman–Crippen MR) is 78.3 cm³/mol. The van der Waals surface area contributed by atoms with Crippen LogP contribution in [0.5, 0.6) is 0 Å². The molecule has 0 amide bonds. The van der Waals surface area contributed by atoms with E-state index in [0.717, 1.165) is 30.6 Å². The topological polar surface area (TPSA) is 52.9 Å². The fraction of sp³-hybridized carbons (Fsp3) is 0.400. The maximum atomic E-state index is 12.9. The number of nitrogen functional groups attached to an aromatic ring is 1. The van der Waals surface area contributed by atoms with Gasteiger partial charge in [0.2, 0.25) is 0 Å². The number of hydrogen-bond acceptors (Lipinski definition) is 2. The number of anilines is 1. The number of rotatable bonds is 5. The molecule has 0 aliphatic heterocycles. The van der Waals surface area contributed by atoms with Gasteiger partial charge in [-0.25, -0.2) is 9.07 Å². The van der Waals surface area contributed by atoms with Crippen LogP contribution in [0.1, 0.15) is 31.5 Å². The fourth-order valence-corrected chi connectivity index (χ4v) is 2.42. The summed E-state index contributed by atoms with van der Waals surface area (Å²) in [5.41, 5.74) is 7.82. The van der Waals surface area contributed by atoms with E-state index >= 15 is 0 Å². The Bertz CT molecular complexity index is 640. The Labute approximate surface area is 117 Å². The molecule has 20 heavy (non-hydrogen) atoms. The van der Waals surface area contributed by atoms with Gasteiger partial charge in [0.05, 0.1) is 12.2 Å². The van der Waals surface area contributed by atoms with Crippen molar-refractivity contribution in [3.05, 3.63) is 51.7 Å². The number of hydrogen-bond donors (Lipinski definition) is 1. The molecule has 0 unspecified atom stereocenters. The third-order valence-electron chi connectivity index (χ3n) is 3.39. The summed E-state index contributed by atoms with van der Waals surface area (Å²) in [7, 11) is 0. The van der Waals surface area contributed by atoms with Gasteiger partial charge in [0.15, 0.2) is 0 Å². The zero-order valence-corrected chi connectivity index (χ0v) is 11.9. The lowest BCUT2D eigenvalue weighted by molar-refractivity contribution is 0.451. The smallest absolute Gasteiger partial charge is 0.290 e. The first-order valence-electron chi connectivity index (χ1n) is 6.90. The summed E-state index contributed by atoms with van der Waals surface area (Å²) < 4.78 is 16.5. The van der Waals surface area contributed by atoms with Crippen LogP contribution < -0.4 is 11.3 Å². The van der Waals surface area contributed by atoms with Crippen molar-refractivity contribution >= 4 is 5.69 Å². The molecule has 0 saturated heterocycles. The summed E-state index contributed by atoms with van der Waals surface area (Å²) in [6, 6.07) is 6.18. The first-order chi connectivity index (χ1) is 9.58. The van der Waals surface area contributed by atoms with Crippen LogP contribution in [0.3, 0.4) is 0 Å². The zero-order valence-electron chi connectivity index (χ0n) is 11.9. The van der Waals surface area contributed by atoms with Crippen LogP contribution in [-0.4, -0.2) is 9.36 Å². The SMILES string of the molecule is CCCn1c(CC)c(N)c(=O)n1Cc1ccc(F)cc1. The molecule has 4 nitrogen and oxygen atoms in total. The van der Waals surface area contributed by atoms with Crippen molar-refractivity contribution in [2.24, 2.45) is 0 Å². The van der Waals surface area contributed by atoms with Gasteiger partial charge in [-0.15, -0.1) is 0 Å². The molecule has 1 aromatic heterocycles. The Morgan fingerprint density at radius 3 is 2.35 bits per heavy atom.